The van der Waals surface area contributed by atoms with Crippen LogP contribution in [-0.4, -0.2) is 9.55 Å². The highest BCUT2D eigenvalue weighted by Crippen LogP contribution is 2.16. The molecule has 0 aliphatic heterocycles. The molecule has 2 heterocycles. The summed E-state index contributed by atoms with van der Waals surface area (Å²) in [6.45, 7) is 2.07. The number of hydrogen-bond donors (Lipinski definition) is 1. The fourth-order valence-electron chi connectivity index (χ4n) is 1.66. The average Bonchev–Trinajstić information content (AvgIpc) is 2.35. The molecule has 88 valence electrons. The Labute approximate surface area is 99.9 Å². The molecule has 0 saturated carbocycles. The van der Waals surface area contributed by atoms with Crippen molar-refractivity contribution in [2.24, 2.45) is 7.05 Å². The van der Waals surface area contributed by atoms with Gasteiger partial charge >= 0.3 is 0 Å². The lowest BCUT2D eigenvalue weighted by molar-refractivity contribution is 0.839. The van der Waals surface area contributed by atoms with Crippen LogP contribution in [0.4, 0.5) is 5.69 Å². The molecule has 0 spiro atoms. The highest BCUT2D eigenvalue weighted by molar-refractivity contribution is 5.42. The molecular formula is C13H15N3O. The molecule has 17 heavy (non-hydrogen) atoms. The minimum atomic E-state index is -0.00730. The number of pyridine rings is 2. The number of nitrogens with zero attached hydrogens (tertiary/aromatic N) is 2. The van der Waals surface area contributed by atoms with Crippen molar-refractivity contribution in [3.8, 4) is 0 Å². The fourth-order valence-corrected chi connectivity index (χ4v) is 1.66. The monoisotopic (exact) mass is 229 g/mol. The van der Waals surface area contributed by atoms with Crippen molar-refractivity contribution in [3.05, 3.63) is 58.8 Å². The van der Waals surface area contributed by atoms with Crippen molar-refractivity contribution in [1.82, 2.24) is 9.55 Å². The summed E-state index contributed by atoms with van der Waals surface area (Å²) in [6.07, 6.45) is 5.34. The molecular weight excluding hydrogens is 214 g/mol. The molecule has 4 nitrogen and oxygen atoms in total. The molecule has 1 unspecified atom stereocenters. The van der Waals surface area contributed by atoms with Gasteiger partial charge in [0, 0.05) is 37.7 Å². The quantitative estimate of drug-likeness (QED) is 0.875. The number of anilines is 1. The summed E-state index contributed by atoms with van der Waals surface area (Å²) in [7, 11) is 1.74. The topological polar surface area (TPSA) is 46.9 Å². The van der Waals surface area contributed by atoms with Gasteiger partial charge in [-0.15, -0.1) is 0 Å². The van der Waals surface area contributed by atoms with Gasteiger partial charge in [-0.25, -0.2) is 0 Å². The first kappa shape index (κ1) is 11.4. The minimum absolute atomic E-state index is 0.00730. The van der Waals surface area contributed by atoms with Crippen LogP contribution in [0.5, 0.6) is 0 Å². The standard InChI is InChI=1S/C13H15N3O/c1-10(11-5-7-14-8-6-11)15-12-3-4-13(17)16(2)9-12/h3-10,15H,1-2H3. The predicted octanol–water partition coefficient (Wildman–Crippen LogP) is 1.95. The molecule has 1 N–H and O–H groups in total. The zero-order chi connectivity index (χ0) is 12.3. The van der Waals surface area contributed by atoms with Crippen LogP contribution in [0.25, 0.3) is 0 Å². The lowest BCUT2D eigenvalue weighted by atomic mass is 10.1. The molecule has 0 fully saturated rings. The zero-order valence-corrected chi connectivity index (χ0v) is 9.92. The molecule has 0 aliphatic carbocycles. The summed E-state index contributed by atoms with van der Waals surface area (Å²) >= 11 is 0. The van der Waals surface area contributed by atoms with Crippen molar-refractivity contribution in [3.63, 3.8) is 0 Å². The Balaban J connectivity index is 2.16. The summed E-state index contributed by atoms with van der Waals surface area (Å²) in [5.74, 6) is 0. The van der Waals surface area contributed by atoms with E-state index in [9.17, 15) is 4.79 Å². The Bertz CT molecular complexity index is 548. The van der Waals surface area contributed by atoms with E-state index in [1.807, 2.05) is 12.1 Å². The molecule has 0 amide bonds. The molecule has 4 heteroatoms. The summed E-state index contributed by atoms with van der Waals surface area (Å²) in [6, 6.07) is 7.47. The van der Waals surface area contributed by atoms with E-state index in [0.29, 0.717) is 0 Å². The van der Waals surface area contributed by atoms with Crippen LogP contribution >= 0.6 is 0 Å². The molecule has 0 saturated heterocycles. The van der Waals surface area contributed by atoms with Crippen molar-refractivity contribution in [1.29, 1.82) is 0 Å². The zero-order valence-electron chi connectivity index (χ0n) is 9.92. The molecule has 2 aromatic rings. The van der Waals surface area contributed by atoms with Gasteiger partial charge in [-0.3, -0.25) is 9.78 Å². The van der Waals surface area contributed by atoms with Gasteiger partial charge in [0.25, 0.3) is 0 Å². The molecule has 2 aromatic heterocycles. The van der Waals surface area contributed by atoms with E-state index in [-0.39, 0.29) is 11.6 Å². The Hall–Kier alpha value is -2.10. The normalized spacial score (nSPS) is 12.1. The highest BCUT2D eigenvalue weighted by Gasteiger charge is 2.04. The van der Waals surface area contributed by atoms with Crippen LogP contribution in [-0.2, 0) is 7.05 Å². The van der Waals surface area contributed by atoms with Crippen molar-refractivity contribution >= 4 is 5.69 Å². The van der Waals surface area contributed by atoms with E-state index in [4.69, 9.17) is 0 Å². The Kier molecular flexibility index (Phi) is 3.23. The van der Waals surface area contributed by atoms with Crippen molar-refractivity contribution < 1.29 is 0 Å². The van der Waals surface area contributed by atoms with Gasteiger partial charge in [0.1, 0.15) is 0 Å². The molecule has 0 bridgehead atoms. The molecule has 1 atom stereocenters. The maximum absolute atomic E-state index is 11.3. The van der Waals surface area contributed by atoms with Gasteiger partial charge in [-0.2, -0.15) is 0 Å². The molecule has 2 rings (SSSR count). The van der Waals surface area contributed by atoms with Gasteiger partial charge in [-0.05, 0) is 30.7 Å². The summed E-state index contributed by atoms with van der Waals surface area (Å²) in [5, 5.41) is 3.34. The predicted molar refractivity (Wildman–Crippen MR) is 68.0 cm³/mol. The van der Waals surface area contributed by atoms with Crippen LogP contribution < -0.4 is 10.9 Å². The van der Waals surface area contributed by atoms with Gasteiger partial charge in [-0.1, -0.05) is 0 Å². The highest BCUT2D eigenvalue weighted by atomic mass is 16.1. The van der Waals surface area contributed by atoms with Crippen LogP contribution in [0.3, 0.4) is 0 Å². The van der Waals surface area contributed by atoms with E-state index in [0.717, 1.165) is 11.3 Å². The van der Waals surface area contributed by atoms with E-state index >= 15 is 0 Å². The van der Waals surface area contributed by atoms with Gasteiger partial charge < -0.3 is 9.88 Å². The van der Waals surface area contributed by atoms with Gasteiger partial charge in [0.05, 0.1) is 5.69 Å². The lowest BCUT2D eigenvalue weighted by Crippen LogP contribution is -2.16. The van der Waals surface area contributed by atoms with Crippen LogP contribution in [0.15, 0.2) is 47.7 Å². The molecule has 0 radical (unpaired) electrons. The average molecular weight is 229 g/mol. The number of aryl methyl sites for hydroxylation is 1. The molecule has 0 aromatic carbocycles. The second-order valence-corrected chi connectivity index (χ2v) is 4.01. The third kappa shape index (κ3) is 2.72. The van der Waals surface area contributed by atoms with Crippen molar-refractivity contribution in [2.45, 2.75) is 13.0 Å². The number of hydrogen-bond acceptors (Lipinski definition) is 3. The maximum atomic E-state index is 11.3. The van der Waals surface area contributed by atoms with Crippen LogP contribution in [0.1, 0.15) is 18.5 Å². The summed E-state index contributed by atoms with van der Waals surface area (Å²) in [5.41, 5.74) is 2.08. The van der Waals surface area contributed by atoms with Crippen molar-refractivity contribution in [2.75, 3.05) is 5.32 Å². The molecule has 0 aliphatic rings. The Morgan fingerprint density at radius 2 is 1.94 bits per heavy atom. The maximum Gasteiger partial charge on any atom is 0.250 e. The van der Waals surface area contributed by atoms with E-state index < -0.39 is 0 Å². The number of nitrogens with one attached hydrogen (secondary N) is 1. The first-order valence-electron chi connectivity index (χ1n) is 5.50. The summed E-state index contributed by atoms with van der Waals surface area (Å²) in [4.78, 5) is 15.2. The Morgan fingerprint density at radius 1 is 1.24 bits per heavy atom. The number of aromatic nitrogens is 2. The smallest absolute Gasteiger partial charge is 0.250 e. The largest absolute Gasteiger partial charge is 0.377 e. The SMILES string of the molecule is CC(Nc1ccc(=O)n(C)c1)c1ccncc1. The third-order valence-corrected chi connectivity index (χ3v) is 2.68. The third-order valence-electron chi connectivity index (χ3n) is 2.68. The van der Waals surface area contributed by atoms with Gasteiger partial charge in [0.2, 0.25) is 5.56 Å². The lowest BCUT2D eigenvalue weighted by Gasteiger charge is -2.15. The Morgan fingerprint density at radius 3 is 2.59 bits per heavy atom. The second-order valence-electron chi connectivity index (χ2n) is 4.01. The van der Waals surface area contributed by atoms with Crippen LogP contribution in [0.2, 0.25) is 0 Å². The van der Waals surface area contributed by atoms with E-state index in [1.165, 1.54) is 0 Å². The number of rotatable bonds is 3. The van der Waals surface area contributed by atoms with Crippen LogP contribution in [0, 0.1) is 0 Å². The first-order valence-corrected chi connectivity index (χ1v) is 5.50. The van der Waals surface area contributed by atoms with Gasteiger partial charge in [0.15, 0.2) is 0 Å². The second kappa shape index (κ2) is 4.82. The van der Waals surface area contributed by atoms with E-state index in [1.54, 1.807) is 42.3 Å². The summed E-state index contributed by atoms with van der Waals surface area (Å²) < 4.78 is 1.56. The first-order chi connectivity index (χ1) is 8.16. The fraction of sp³-hybridized carbons (Fsp3) is 0.231. The van der Waals surface area contributed by atoms with E-state index in [2.05, 4.69) is 17.2 Å². The minimum Gasteiger partial charge on any atom is -0.377 e.